The van der Waals surface area contributed by atoms with Crippen LogP contribution in [0.1, 0.15) is 59.2 Å². The van der Waals surface area contributed by atoms with Crippen molar-refractivity contribution in [1.29, 1.82) is 0 Å². The molecule has 1 unspecified atom stereocenters. The van der Waals surface area contributed by atoms with Gasteiger partial charge in [0.05, 0.1) is 0 Å². The first-order chi connectivity index (χ1) is 11.6. The van der Waals surface area contributed by atoms with Crippen molar-refractivity contribution < 1.29 is 14.1 Å². The minimum atomic E-state index is -0.234. The van der Waals surface area contributed by atoms with E-state index in [1.165, 1.54) is 25.3 Å². The van der Waals surface area contributed by atoms with Gasteiger partial charge >= 0.3 is 0 Å². The second kappa shape index (κ2) is 8.92. The fraction of sp³-hybridized carbons (Fsp3) is 0.421. The second-order valence-electron chi connectivity index (χ2n) is 6.34. The van der Waals surface area contributed by atoms with Gasteiger partial charge in [-0.3, -0.25) is 9.59 Å². The Balaban J connectivity index is 0.00000225. The normalized spacial score (nSPS) is 16.0. The number of Topliss-reactive ketones (excluding diaryl/α,β-unsaturated/α-hetero) is 1. The van der Waals surface area contributed by atoms with Crippen molar-refractivity contribution in [1.82, 2.24) is 10.1 Å². The molecule has 134 valence electrons. The largest absolute Gasteiger partial charge is 0.352 e. The Bertz CT molecular complexity index is 708. The predicted octanol–water partition coefficient (Wildman–Crippen LogP) is 3.77. The number of ketones is 2. The van der Waals surface area contributed by atoms with Crippen LogP contribution in [-0.2, 0) is 0 Å². The first-order valence-electron chi connectivity index (χ1n) is 8.49. The molecule has 2 aromatic rings. The molecule has 0 spiro atoms. The molecule has 0 amide bonds. The van der Waals surface area contributed by atoms with Gasteiger partial charge in [0.2, 0.25) is 17.3 Å². The number of likely N-dealkylation sites (tertiary alicyclic amines) is 1. The van der Waals surface area contributed by atoms with Gasteiger partial charge in [-0.2, -0.15) is 0 Å². The molecule has 0 N–H and O–H groups in total. The van der Waals surface area contributed by atoms with E-state index >= 15 is 0 Å². The van der Waals surface area contributed by atoms with Gasteiger partial charge in [-0.25, -0.2) is 0 Å². The second-order valence-corrected chi connectivity index (χ2v) is 6.34. The molecular weight excluding hydrogens is 340 g/mol. The lowest BCUT2D eigenvalue weighted by molar-refractivity contribution is 0.0874. The van der Waals surface area contributed by atoms with Gasteiger partial charge < -0.3 is 9.42 Å². The molecular formula is C19H23ClN2O3. The number of carbonyl (C=O) groups is 2. The fourth-order valence-electron chi connectivity index (χ4n) is 3.11. The standard InChI is InChI=1S/C19H22N2O3.ClH/c1-14(21-10-6-3-7-11-21)12-17(22)18-13-16(20-24-18)19(23)15-8-4-2-5-9-15;/h2,4-5,8-9,13-14H,3,6-7,10-12H2,1H3;1H. The zero-order valence-electron chi connectivity index (χ0n) is 14.3. The summed E-state index contributed by atoms with van der Waals surface area (Å²) in [5.74, 6) is -0.173. The molecule has 1 aromatic carbocycles. The summed E-state index contributed by atoms with van der Waals surface area (Å²) < 4.78 is 5.12. The van der Waals surface area contributed by atoms with Gasteiger partial charge in [0.15, 0.2) is 5.69 Å². The van der Waals surface area contributed by atoms with Crippen molar-refractivity contribution in [3.8, 4) is 0 Å². The predicted molar refractivity (Wildman–Crippen MR) is 97.5 cm³/mol. The van der Waals surface area contributed by atoms with Gasteiger partial charge in [0.1, 0.15) is 0 Å². The molecule has 1 aromatic heterocycles. The Kier molecular flexibility index (Phi) is 6.91. The van der Waals surface area contributed by atoms with Crippen LogP contribution < -0.4 is 0 Å². The highest BCUT2D eigenvalue weighted by molar-refractivity contribution is 6.08. The molecule has 0 radical (unpaired) electrons. The molecule has 1 aliphatic heterocycles. The molecule has 3 rings (SSSR count). The maximum absolute atomic E-state index is 12.4. The Morgan fingerprint density at radius 3 is 2.52 bits per heavy atom. The van der Waals surface area contributed by atoms with E-state index in [0.717, 1.165) is 13.1 Å². The van der Waals surface area contributed by atoms with E-state index in [1.807, 2.05) is 6.07 Å². The molecule has 1 aliphatic rings. The monoisotopic (exact) mass is 362 g/mol. The molecule has 1 atom stereocenters. The van der Waals surface area contributed by atoms with Crippen molar-refractivity contribution in [3.05, 3.63) is 53.4 Å². The highest BCUT2D eigenvalue weighted by atomic mass is 35.5. The number of hydrogen-bond donors (Lipinski definition) is 0. The van der Waals surface area contributed by atoms with E-state index in [1.54, 1.807) is 24.3 Å². The summed E-state index contributed by atoms with van der Waals surface area (Å²) in [6.07, 6.45) is 4.03. The molecule has 1 fully saturated rings. The van der Waals surface area contributed by atoms with Crippen molar-refractivity contribution in [2.24, 2.45) is 0 Å². The molecule has 0 aliphatic carbocycles. The minimum absolute atomic E-state index is 0. The highest BCUT2D eigenvalue weighted by Gasteiger charge is 2.23. The Labute approximate surface area is 153 Å². The molecule has 25 heavy (non-hydrogen) atoms. The topological polar surface area (TPSA) is 63.4 Å². The molecule has 0 saturated carbocycles. The lowest BCUT2D eigenvalue weighted by atomic mass is 10.0. The lowest BCUT2D eigenvalue weighted by Gasteiger charge is -2.31. The number of benzene rings is 1. The van der Waals surface area contributed by atoms with Crippen LogP contribution in [0.25, 0.3) is 0 Å². The van der Waals surface area contributed by atoms with Gasteiger partial charge in [-0.15, -0.1) is 12.4 Å². The van der Waals surface area contributed by atoms with Crippen LogP contribution in [0.3, 0.4) is 0 Å². The van der Waals surface area contributed by atoms with Crippen LogP contribution >= 0.6 is 12.4 Å². The smallest absolute Gasteiger partial charge is 0.214 e. The Hall–Kier alpha value is -1.98. The first-order valence-corrected chi connectivity index (χ1v) is 8.49. The fourth-order valence-corrected chi connectivity index (χ4v) is 3.11. The zero-order valence-corrected chi connectivity index (χ0v) is 15.1. The number of rotatable bonds is 6. The maximum Gasteiger partial charge on any atom is 0.214 e. The van der Waals surface area contributed by atoms with Crippen LogP contribution in [0.4, 0.5) is 0 Å². The van der Waals surface area contributed by atoms with Crippen molar-refractivity contribution in [2.75, 3.05) is 13.1 Å². The average molecular weight is 363 g/mol. The molecule has 2 heterocycles. The van der Waals surface area contributed by atoms with E-state index < -0.39 is 0 Å². The summed E-state index contributed by atoms with van der Waals surface area (Å²) in [4.78, 5) is 27.0. The van der Waals surface area contributed by atoms with Gasteiger partial charge in [-0.05, 0) is 32.9 Å². The van der Waals surface area contributed by atoms with Crippen LogP contribution in [0.5, 0.6) is 0 Å². The van der Waals surface area contributed by atoms with E-state index in [-0.39, 0.29) is 41.5 Å². The van der Waals surface area contributed by atoms with Gasteiger partial charge in [-0.1, -0.05) is 41.9 Å². The van der Waals surface area contributed by atoms with E-state index in [4.69, 9.17) is 4.52 Å². The third-order valence-electron chi connectivity index (χ3n) is 4.55. The molecule has 1 saturated heterocycles. The molecule has 6 heteroatoms. The van der Waals surface area contributed by atoms with Crippen molar-refractivity contribution >= 4 is 24.0 Å². The number of hydrogen-bond acceptors (Lipinski definition) is 5. The van der Waals surface area contributed by atoms with E-state index in [0.29, 0.717) is 12.0 Å². The van der Waals surface area contributed by atoms with E-state index in [9.17, 15) is 9.59 Å². The number of carbonyl (C=O) groups excluding carboxylic acids is 2. The van der Waals surface area contributed by atoms with Gasteiger partial charge in [0, 0.05) is 24.1 Å². The quantitative estimate of drug-likeness (QED) is 0.732. The Morgan fingerprint density at radius 1 is 1.16 bits per heavy atom. The summed E-state index contributed by atoms with van der Waals surface area (Å²) in [6, 6.07) is 10.5. The summed E-state index contributed by atoms with van der Waals surface area (Å²) in [5.41, 5.74) is 0.710. The van der Waals surface area contributed by atoms with Crippen LogP contribution in [-0.4, -0.2) is 40.8 Å². The summed E-state index contributed by atoms with van der Waals surface area (Å²) in [7, 11) is 0. The van der Waals surface area contributed by atoms with Crippen molar-refractivity contribution in [2.45, 2.75) is 38.6 Å². The zero-order chi connectivity index (χ0) is 16.9. The molecule has 0 bridgehead atoms. The number of piperidine rings is 1. The summed E-state index contributed by atoms with van der Waals surface area (Å²) >= 11 is 0. The molecule has 5 nitrogen and oxygen atoms in total. The van der Waals surface area contributed by atoms with Gasteiger partial charge in [0.25, 0.3) is 0 Å². The number of halogens is 1. The minimum Gasteiger partial charge on any atom is -0.352 e. The number of aromatic nitrogens is 1. The number of nitrogens with zero attached hydrogens (tertiary/aromatic N) is 2. The van der Waals surface area contributed by atoms with Crippen LogP contribution in [0, 0.1) is 0 Å². The third kappa shape index (κ3) is 4.77. The maximum atomic E-state index is 12.4. The lowest BCUT2D eigenvalue weighted by Crippen LogP contribution is -2.38. The summed E-state index contributed by atoms with van der Waals surface area (Å²) in [5, 5.41) is 3.77. The summed E-state index contributed by atoms with van der Waals surface area (Å²) in [6.45, 7) is 4.15. The highest BCUT2D eigenvalue weighted by Crippen LogP contribution is 2.17. The Morgan fingerprint density at radius 2 is 1.84 bits per heavy atom. The average Bonchev–Trinajstić information content (AvgIpc) is 3.13. The van der Waals surface area contributed by atoms with Crippen LogP contribution in [0.15, 0.2) is 40.9 Å². The van der Waals surface area contributed by atoms with Crippen molar-refractivity contribution in [3.63, 3.8) is 0 Å². The first kappa shape index (κ1) is 19.3. The third-order valence-corrected chi connectivity index (χ3v) is 4.55. The van der Waals surface area contributed by atoms with E-state index in [2.05, 4.69) is 17.0 Å². The SMILES string of the molecule is CC(CC(=O)c1cc(C(=O)c2ccccc2)no1)N1CCCCC1.Cl. The van der Waals surface area contributed by atoms with Crippen LogP contribution in [0.2, 0.25) is 0 Å².